The standard InChI is InChI=1S/C17H20F2N6O/c1-23-15(26)8-12(10-20-23)24-4-6-25(7-5-24)14-9-13(16(18)19)21-17(22-14)11-2-3-11/h8-11,16H,2-7H2,1H3. The first-order valence-electron chi connectivity index (χ1n) is 8.71. The second-order valence-corrected chi connectivity index (χ2v) is 6.73. The van der Waals surface area contributed by atoms with Crippen LogP contribution in [0.1, 0.15) is 36.7 Å². The molecule has 0 radical (unpaired) electrons. The van der Waals surface area contributed by atoms with E-state index in [0.717, 1.165) is 18.5 Å². The van der Waals surface area contributed by atoms with Gasteiger partial charge in [0.2, 0.25) is 0 Å². The first-order valence-corrected chi connectivity index (χ1v) is 8.71. The molecule has 2 aromatic heterocycles. The fraction of sp³-hybridized carbons (Fsp3) is 0.529. The number of anilines is 2. The summed E-state index contributed by atoms with van der Waals surface area (Å²) in [7, 11) is 1.61. The van der Waals surface area contributed by atoms with Gasteiger partial charge in [-0.1, -0.05) is 0 Å². The quantitative estimate of drug-likeness (QED) is 0.825. The van der Waals surface area contributed by atoms with Crippen LogP contribution in [0.2, 0.25) is 0 Å². The topological polar surface area (TPSA) is 67.2 Å². The van der Waals surface area contributed by atoms with Crippen LogP contribution in [-0.2, 0) is 7.05 Å². The van der Waals surface area contributed by atoms with Gasteiger partial charge in [-0.15, -0.1) is 0 Å². The van der Waals surface area contributed by atoms with E-state index in [4.69, 9.17) is 0 Å². The van der Waals surface area contributed by atoms with E-state index in [9.17, 15) is 13.6 Å². The van der Waals surface area contributed by atoms with Crippen molar-refractivity contribution in [2.45, 2.75) is 25.2 Å². The van der Waals surface area contributed by atoms with Gasteiger partial charge in [-0.3, -0.25) is 4.79 Å². The number of rotatable bonds is 4. The Bertz CT molecular complexity index is 838. The number of aryl methyl sites for hydroxylation is 1. The zero-order valence-corrected chi connectivity index (χ0v) is 14.5. The Morgan fingerprint density at radius 2 is 1.77 bits per heavy atom. The number of hydrogen-bond acceptors (Lipinski definition) is 6. The first kappa shape index (κ1) is 16.9. The largest absolute Gasteiger partial charge is 0.367 e. The highest BCUT2D eigenvalue weighted by molar-refractivity contribution is 5.48. The molecule has 1 aliphatic heterocycles. The molecule has 0 amide bonds. The highest BCUT2D eigenvalue weighted by Gasteiger charge is 2.29. The molecule has 2 fully saturated rings. The highest BCUT2D eigenvalue weighted by atomic mass is 19.3. The van der Waals surface area contributed by atoms with Gasteiger partial charge in [-0.2, -0.15) is 5.10 Å². The molecule has 2 aliphatic rings. The van der Waals surface area contributed by atoms with E-state index >= 15 is 0 Å². The Labute approximate surface area is 149 Å². The van der Waals surface area contributed by atoms with Crippen LogP contribution in [0.3, 0.4) is 0 Å². The minimum atomic E-state index is -2.60. The summed E-state index contributed by atoms with van der Waals surface area (Å²) in [5.41, 5.74) is 0.425. The van der Waals surface area contributed by atoms with Gasteiger partial charge in [0.1, 0.15) is 17.3 Å². The lowest BCUT2D eigenvalue weighted by Crippen LogP contribution is -2.47. The van der Waals surface area contributed by atoms with E-state index in [0.29, 0.717) is 37.8 Å². The monoisotopic (exact) mass is 362 g/mol. The third-order valence-electron chi connectivity index (χ3n) is 4.84. The van der Waals surface area contributed by atoms with Gasteiger partial charge >= 0.3 is 0 Å². The molecule has 3 heterocycles. The molecule has 0 spiro atoms. The van der Waals surface area contributed by atoms with Crippen LogP contribution in [0.25, 0.3) is 0 Å². The summed E-state index contributed by atoms with van der Waals surface area (Å²) >= 11 is 0. The van der Waals surface area contributed by atoms with Crippen molar-refractivity contribution in [3.63, 3.8) is 0 Å². The van der Waals surface area contributed by atoms with Crippen molar-refractivity contribution >= 4 is 11.5 Å². The molecule has 7 nitrogen and oxygen atoms in total. The van der Waals surface area contributed by atoms with E-state index in [1.807, 2.05) is 4.90 Å². The lowest BCUT2D eigenvalue weighted by molar-refractivity contribution is 0.145. The van der Waals surface area contributed by atoms with Crippen LogP contribution in [0, 0.1) is 0 Å². The average molecular weight is 362 g/mol. The van der Waals surface area contributed by atoms with Crippen LogP contribution in [-0.4, -0.2) is 45.9 Å². The minimum absolute atomic E-state index is 0.156. The highest BCUT2D eigenvalue weighted by Crippen LogP contribution is 2.39. The van der Waals surface area contributed by atoms with E-state index < -0.39 is 6.43 Å². The van der Waals surface area contributed by atoms with Gasteiger partial charge < -0.3 is 9.80 Å². The molecule has 0 atom stereocenters. The maximum Gasteiger partial charge on any atom is 0.280 e. The second kappa shape index (κ2) is 6.62. The molecule has 0 aromatic carbocycles. The van der Waals surface area contributed by atoms with E-state index in [1.165, 1.54) is 10.7 Å². The third kappa shape index (κ3) is 3.38. The third-order valence-corrected chi connectivity index (χ3v) is 4.84. The van der Waals surface area contributed by atoms with Crippen molar-refractivity contribution in [3.8, 4) is 0 Å². The summed E-state index contributed by atoms with van der Waals surface area (Å²) in [4.78, 5) is 24.4. The number of aromatic nitrogens is 4. The SMILES string of the molecule is Cn1ncc(N2CCN(c3cc(C(F)F)nc(C4CC4)n3)CC2)cc1=O. The number of alkyl halides is 2. The van der Waals surface area contributed by atoms with Crippen molar-refractivity contribution in [2.75, 3.05) is 36.0 Å². The Balaban J connectivity index is 1.50. The van der Waals surface area contributed by atoms with Crippen molar-refractivity contribution in [3.05, 3.63) is 40.2 Å². The number of halogens is 2. The molecule has 4 rings (SSSR count). The van der Waals surface area contributed by atoms with Crippen LogP contribution >= 0.6 is 0 Å². The molecule has 26 heavy (non-hydrogen) atoms. The van der Waals surface area contributed by atoms with Crippen molar-refractivity contribution in [2.24, 2.45) is 7.05 Å². The predicted molar refractivity (Wildman–Crippen MR) is 92.9 cm³/mol. The second-order valence-electron chi connectivity index (χ2n) is 6.73. The van der Waals surface area contributed by atoms with Gasteiger partial charge in [-0.25, -0.2) is 23.4 Å². The van der Waals surface area contributed by atoms with E-state index in [1.54, 1.807) is 19.3 Å². The zero-order valence-electron chi connectivity index (χ0n) is 14.5. The molecule has 1 saturated carbocycles. The average Bonchev–Trinajstić information content (AvgIpc) is 3.49. The van der Waals surface area contributed by atoms with Crippen LogP contribution in [0.15, 0.2) is 23.1 Å². The molecule has 0 N–H and O–H groups in total. The summed E-state index contributed by atoms with van der Waals surface area (Å²) in [6.45, 7) is 2.61. The van der Waals surface area contributed by atoms with E-state index in [2.05, 4.69) is 20.0 Å². The molecular weight excluding hydrogens is 342 g/mol. The number of piperazine rings is 1. The molecule has 2 aromatic rings. The normalized spacial score (nSPS) is 17.8. The molecule has 1 saturated heterocycles. The summed E-state index contributed by atoms with van der Waals surface area (Å²) in [5.74, 6) is 1.33. The van der Waals surface area contributed by atoms with Gasteiger partial charge in [0.05, 0.1) is 11.9 Å². The molecule has 0 bridgehead atoms. The molecular formula is C17H20F2N6O. The fourth-order valence-electron chi connectivity index (χ4n) is 3.10. The van der Waals surface area contributed by atoms with Crippen LogP contribution in [0.4, 0.5) is 20.3 Å². The van der Waals surface area contributed by atoms with Crippen LogP contribution in [0.5, 0.6) is 0 Å². The van der Waals surface area contributed by atoms with Crippen LogP contribution < -0.4 is 15.4 Å². The number of nitrogens with zero attached hydrogens (tertiary/aromatic N) is 6. The fourth-order valence-corrected chi connectivity index (χ4v) is 3.10. The Morgan fingerprint density at radius 1 is 1.08 bits per heavy atom. The maximum absolute atomic E-state index is 13.2. The zero-order chi connectivity index (χ0) is 18.3. The van der Waals surface area contributed by atoms with E-state index in [-0.39, 0.29) is 17.2 Å². The Hall–Kier alpha value is -2.58. The minimum Gasteiger partial charge on any atom is -0.367 e. The summed E-state index contributed by atoms with van der Waals surface area (Å²) in [6, 6.07) is 2.96. The molecule has 0 unspecified atom stereocenters. The molecule has 9 heteroatoms. The summed E-state index contributed by atoms with van der Waals surface area (Å²) in [6.07, 6.45) is 1.01. The van der Waals surface area contributed by atoms with Gasteiger partial charge in [0.15, 0.2) is 0 Å². The van der Waals surface area contributed by atoms with Crippen molar-refractivity contribution < 1.29 is 8.78 Å². The van der Waals surface area contributed by atoms with Gasteiger partial charge in [0.25, 0.3) is 12.0 Å². The van der Waals surface area contributed by atoms with Crippen molar-refractivity contribution in [1.82, 2.24) is 19.7 Å². The van der Waals surface area contributed by atoms with Crippen molar-refractivity contribution in [1.29, 1.82) is 0 Å². The maximum atomic E-state index is 13.2. The lowest BCUT2D eigenvalue weighted by atomic mass is 10.2. The molecule has 138 valence electrons. The smallest absolute Gasteiger partial charge is 0.280 e. The number of hydrogen-bond donors (Lipinski definition) is 0. The Morgan fingerprint density at radius 3 is 2.38 bits per heavy atom. The predicted octanol–water partition coefficient (Wildman–Crippen LogP) is 1.71. The summed E-state index contributed by atoms with van der Waals surface area (Å²) < 4.78 is 27.6. The van der Waals surface area contributed by atoms with Gasteiger partial charge in [-0.05, 0) is 12.8 Å². The van der Waals surface area contributed by atoms with Gasteiger partial charge in [0, 0.05) is 51.3 Å². The first-order chi connectivity index (χ1) is 12.5. The summed E-state index contributed by atoms with van der Waals surface area (Å²) in [5, 5.41) is 4.04. The lowest BCUT2D eigenvalue weighted by Gasteiger charge is -2.36. The Kier molecular flexibility index (Phi) is 4.29. The molecule has 1 aliphatic carbocycles.